The Hall–Kier alpha value is -3.30. The summed E-state index contributed by atoms with van der Waals surface area (Å²) in [5.74, 6) is 0.282. The lowest BCUT2D eigenvalue weighted by Crippen LogP contribution is -2.16. The summed E-state index contributed by atoms with van der Waals surface area (Å²) in [5.41, 5.74) is 3.47. The molecule has 0 saturated carbocycles. The number of hydrogen-bond donors (Lipinski definition) is 1. The van der Waals surface area contributed by atoms with E-state index >= 15 is 0 Å². The minimum absolute atomic E-state index is 0.157. The number of rotatable bonds is 4. The number of benzene rings is 2. The van der Waals surface area contributed by atoms with Gasteiger partial charge in [-0.05, 0) is 24.7 Å². The third-order valence-corrected chi connectivity index (χ3v) is 3.91. The zero-order valence-corrected chi connectivity index (χ0v) is 15.0. The summed E-state index contributed by atoms with van der Waals surface area (Å²) >= 11 is 5.12. The second-order valence-corrected chi connectivity index (χ2v) is 5.71. The van der Waals surface area contributed by atoms with Crippen LogP contribution in [-0.4, -0.2) is 22.0 Å². The van der Waals surface area contributed by atoms with Gasteiger partial charge in [0.2, 0.25) is 0 Å². The van der Waals surface area contributed by atoms with Crippen LogP contribution in [0.2, 0.25) is 0 Å². The lowest BCUT2D eigenvalue weighted by molar-refractivity contribution is 0.335. The molecule has 0 aliphatic carbocycles. The zero-order valence-electron chi connectivity index (χ0n) is 14.1. The van der Waals surface area contributed by atoms with Crippen molar-refractivity contribution in [1.29, 1.82) is 5.26 Å². The average molecular weight is 360 g/mol. The molecule has 2 aromatic carbocycles. The SMILES string of the molecule is CCOC(=S)Nc1nnc(-c2ccccc2)c(-c2ccccc2)c1C#N. The fourth-order valence-corrected chi connectivity index (χ4v) is 2.80. The van der Waals surface area contributed by atoms with Crippen LogP contribution in [0, 0.1) is 11.3 Å². The lowest BCUT2D eigenvalue weighted by Gasteiger charge is -2.14. The molecule has 1 aromatic heterocycles. The number of nitrogens with zero attached hydrogens (tertiary/aromatic N) is 3. The molecular formula is C20H16N4OS. The van der Waals surface area contributed by atoms with Crippen molar-refractivity contribution in [3.05, 3.63) is 66.2 Å². The van der Waals surface area contributed by atoms with E-state index in [1.54, 1.807) is 0 Å². The summed E-state index contributed by atoms with van der Waals surface area (Å²) in [7, 11) is 0. The van der Waals surface area contributed by atoms with E-state index in [0.717, 1.165) is 11.1 Å². The van der Waals surface area contributed by atoms with Gasteiger partial charge in [-0.25, -0.2) is 0 Å². The molecule has 0 aliphatic rings. The standard InChI is InChI=1S/C20H16N4OS/c1-2-25-20(26)22-19-16(13-21)17(14-9-5-3-6-10-14)18(23-24-19)15-11-7-4-8-12-15/h3-12H,2H2,1H3,(H,22,24,26). The number of ether oxygens (including phenoxy) is 1. The zero-order chi connectivity index (χ0) is 18.4. The summed E-state index contributed by atoms with van der Waals surface area (Å²) in [6, 6.07) is 21.5. The van der Waals surface area contributed by atoms with Gasteiger partial charge in [0.1, 0.15) is 17.3 Å². The van der Waals surface area contributed by atoms with Gasteiger partial charge in [0.15, 0.2) is 5.82 Å². The van der Waals surface area contributed by atoms with Gasteiger partial charge in [-0.2, -0.15) is 5.26 Å². The molecule has 0 saturated heterocycles. The van der Waals surface area contributed by atoms with Crippen LogP contribution in [0.25, 0.3) is 22.4 Å². The normalized spacial score (nSPS) is 10.0. The van der Waals surface area contributed by atoms with Gasteiger partial charge in [0.25, 0.3) is 5.17 Å². The van der Waals surface area contributed by atoms with Crippen LogP contribution in [0.5, 0.6) is 0 Å². The van der Waals surface area contributed by atoms with Crippen LogP contribution in [-0.2, 0) is 4.74 Å². The highest BCUT2D eigenvalue weighted by molar-refractivity contribution is 7.80. The minimum atomic E-state index is 0.157. The van der Waals surface area contributed by atoms with Gasteiger partial charge < -0.3 is 4.74 Å². The maximum Gasteiger partial charge on any atom is 0.262 e. The van der Waals surface area contributed by atoms with E-state index in [0.29, 0.717) is 23.4 Å². The fraction of sp³-hybridized carbons (Fsp3) is 0.100. The average Bonchev–Trinajstić information content (AvgIpc) is 2.69. The molecule has 1 heterocycles. The minimum Gasteiger partial charge on any atom is -0.471 e. The molecule has 0 aliphatic heterocycles. The molecule has 0 fully saturated rings. The van der Waals surface area contributed by atoms with Crippen LogP contribution in [0.4, 0.5) is 5.82 Å². The highest BCUT2D eigenvalue weighted by Crippen LogP contribution is 2.35. The van der Waals surface area contributed by atoms with Crippen LogP contribution in [0.1, 0.15) is 12.5 Å². The van der Waals surface area contributed by atoms with Crippen LogP contribution in [0.15, 0.2) is 60.7 Å². The van der Waals surface area contributed by atoms with Crippen LogP contribution in [0.3, 0.4) is 0 Å². The van der Waals surface area contributed by atoms with Gasteiger partial charge in [0.05, 0.1) is 6.61 Å². The molecule has 0 atom stereocenters. The van der Waals surface area contributed by atoms with Crippen molar-refractivity contribution < 1.29 is 4.74 Å². The predicted octanol–water partition coefficient (Wildman–Crippen LogP) is 4.42. The molecule has 128 valence electrons. The molecule has 3 rings (SSSR count). The van der Waals surface area contributed by atoms with E-state index < -0.39 is 0 Å². The van der Waals surface area contributed by atoms with E-state index in [1.807, 2.05) is 67.6 Å². The number of anilines is 1. The first-order chi connectivity index (χ1) is 12.7. The fourth-order valence-electron chi connectivity index (χ4n) is 2.58. The number of thiocarbonyl (C=S) groups is 1. The monoisotopic (exact) mass is 360 g/mol. The van der Waals surface area contributed by atoms with Crippen LogP contribution < -0.4 is 5.32 Å². The molecule has 1 N–H and O–H groups in total. The molecule has 3 aromatic rings. The third kappa shape index (κ3) is 3.68. The second kappa shape index (κ2) is 8.19. The van der Waals surface area contributed by atoms with E-state index in [9.17, 15) is 5.26 Å². The van der Waals surface area contributed by atoms with E-state index in [4.69, 9.17) is 17.0 Å². The predicted molar refractivity (Wildman–Crippen MR) is 105 cm³/mol. The molecular weight excluding hydrogens is 344 g/mol. The van der Waals surface area contributed by atoms with E-state index in [-0.39, 0.29) is 11.0 Å². The van der Waals surface area contributed by atoms with Gasteiger partial charge in [0, 0.05) is 11.1 Å². The van der Waals surface area contributed by atoms with Crippen LogP contribution >= 0.6 is 12.2 Å². The third-order valence-electron chi connectivity index (χ3n) is 3.69. The Morgan fingerprint density at radius 2 is 1.65 bits per heavy atom. The van der Waals surface area contributed by atoms with Crippen molar-refractivity contribution in [3.63, 3.8) is 0 Å². The number of nitriles is 1. The van der Waals surface area contributed by atoms with Crippen molar-refractivity contribution in [2.24, 2.45) is 0 Å². The molecule has 0 unspecified atom stereocenters. The van der Waals surface area contributed by atoms with Crippen molar-refractivity contribution in [2.45, 2.75) is 6.92 Å². The Morgan fingerprint density at radius 1 is 1.04 bits per heavy atom. The maximum absolute atomic E-state index is 9.83. The van der Waals surface area contributed by atoms with Crippen molar-refractivity contribution in [1.82, 2.24) is 10.2 Å². The first-order valence-corrected chi connectivity index (χ1v) is 8.50. The van der Waals surface area contributed by atoms with Crippen molar-refractivity contribution in [2.75, 3.05) is 11.9 Å². The second-order valence-electron chi connectivity index (χ2n) is 5.34. The summed E-state index contributed by atoms with van der Waals surface area (Å²) in [6.45, 7) is 2.26. The summed E-state index contributed by atoms with van der Waals surface area (Å²) < 4.78 is 5.25. The summed E-state index contributed by atoms with van der Waals surface area (Å²) in [4.78, 5) is 0. The number of aromatic nitrogens is 2. The Morgan fingerprint density at radius 3 is 2.23 bits per heavy atom. The Bertz CT molecular complexity index is 953. The molecule has 5 nitrogen and oxygen atoms in total. The van der Waals surface area contributed by atoms with Gasteiger partial charge in [-0.3, -0.25) is 5.32 Å². The first-order valence-electron chi connectivity index (χ1n) is 8.10. The first kappa shape index (κ1) is 17.5. The van der Waals surface area contributed by atoms with Crippen molar-refractivity contribution >= 4 is 23.2 Å². The van der Waals surface area contributed by atoms with E-state index in [1.165, 1.54) is 0 Å². The molecule has 0 spiro atoms. The van der Waals surface area contributed by atoms with Gasteiger partial charge in [-0.1, -0.05) is 60.7 Å². The van der Waals surface area contributed by atoms with Gasteiger partial charge in [-0.15, -0.1) is 10.2 Å². The topological polar surface area (TPSA) is 70.8 Å². The quantitative estimate of drug-likeness (QED) is 0.695. The Labute approximate surface area is 157 Å². The smallest absolute Gasteiger partial charge is 0.262 e. The van der Waals surface area contributed by atoms with Crippen molar-refractivity contribution in [3.8, 4) is 28.5 Å². The Kier molecular flexibility index (Phi) is 5.52. The number of nitrogens with one attached hydrogen (secondary N) is 1. The lowest BCUT2D eigenvalue weighted by atomic mass is 9.96. The number of hydrogen-bond acceptors (Lipinski definition) is 5. The highest BCUT2D eigenvalue weighted by Gasteiger charge is 2.20. The van der Waals surface area contributed by atoms with Gasteiger partial charge >= 0.3 is 0 Å². The molecule has 0 radical (unpaired) electrons. The summed E-state index contributed by atoms with van der Waals surface area (Å²) in [6.07, 6.45) is 0. The Balaban J connectivity index is 2.21. The molecule has 26 heavy (non-hydrogen) atoms. The van der Waals surface area contributed by atoms with E-state index in [2.05, 4.69) is 21.6 Å². The maximum atomic E-state index is 9.83. The summed E-state index contributed by atoms with van der Waals surface area (Å²) in [5, 5.41) is 21.4. The highest BCUT2D eigenvalue weighted by atomic mass is 32.1. The molecule has 0 bridgehead atoms. The molecule has 0 amide bonds. The largest absolute Gasteiger partial charge is 0.471 e. The molecule has 6 heteroatoms.